The second-order valence-electron chi connectivity index (χ2n) is 11.0. The monoisotopic (exact) mass is 562 g/mol. The van der Waals surface area contributed by atoms with Crippen LogP contribution in [0, 0.1) is 5.92 Å². The predicted molar refractivity (Wildman–Crippen MR) is 163 cm³/mol. The molecule has 41 heavy (non-hydrogen) atoms. The van der Waals surface area contributed by atoms with Gasteiger partial charge in [-0.2, -0.15) is 0 Å². The number of aliphatic imine (C=N–C) groups is 1. The minimum absolute atomic E-state index is 0.0334. The highest BCUT2D eigenvalue weighted by molar-refractivity contribution is 5.91. The first-order valence-corrected chi connectivity index (χ1v) is 14.9. The topological polar surface area (TPSA) is 102 Å². The lowest BCUT2D eigenvalue weighted by atomic mass is 9.95. The molecule has 0 spiro atoms. The molecule has 2 N–H and O–H groups in total. The van der Waals surface area contributed by atoms with Gasteiger partial charge in [-0.1, -0.05) is 76.6 Å². The number of amides is 3. The average molecular weight is 563 g/mol. The van der Waals surface area contributed by atoms with Crippen LogP contribution in [0.3, 0.4) is 0 Å². The average Bonchev–Trinajstić information content (AvgIpc) is 2.96. The summed E-state index contributed by atoms with van der Waals surface area (Å²) in [6, 6.07) is 15.3. The van der Waals surface area contributed by atoms with E-state index in [-0.39, 0.29) is 42.4 Å². The summed E-state index contributed by atoms with van der Waals surface area (Å²) in [6.45, 7) is 10.4. The van der Waals surface area contributed by atoms with Crippen molar-refractivity contribution in [3.8, 4) is 5.75 Å². The van der Waals surface area contributed by atoms with Gasteiger partial charge in [0.1, 0.15) is 24.0 Å². The molecule has 1 aliphatic rings. The Morgan fingerprint density at radius 2 is 1.68 bits per heavy atom. The first-order chi connectivity index (χ1) is 19.7. The van der Waals surface area contributed by atoms with Crippen LogP contribution in [0.4, 0.5) is 0 Å². The van der Waals surface area contributed by atoms with Crippen molar-refractivity contribution in [2.75, 3.05) is 13.1 Å². The maximum atomic E-state index is 13.9. The van der Waals surface area contributed by atoms with Crippen LogP contribution in [-0.2, 0) is 27.2 Å². The van der Waals surface area contributed by atoms with E-state index in [4.69, 9.17) is 4.99 Å². The second-order valence-corrected chi connectivity index (χ2v) is 11.0. The fourth-order valence-corrected chi connectivity index (χ4v) is 5.58. The Hall–Kier alpha value is -3.68. The number of carbonyl (C=O) groups is 3. The van der Waals surface area contributed by atoms with Crippen LogP contribution in [0.1, 0.15) is 71.4 Å². The summed E-state index contributed by atoms with van der Waals surface area (Å²) in [6.07, 6.45) is 3.60. The van der Waals surface area contributed by atoms with E-state index < -0.39 is 18.2 Å². The van der Waals surface area contributed by atoms with Crippen LogP contribution in [-0.4, -0.2) is 69.7 Å². The van der Waals surface area contributed by atoms with E-state index >= 15 is 0 Å². The molecule has 3 amide bonds. The molecule has 0 saturated carbocycles. The molecule has 1 fully saturated rings. The van der Waals surface area contributed by atoms with Crippen molar-refractivity contribution in [1.29, 1.82) is 0 Å². The molecule has 1 heterocycles. The molecule has 4 unspecified atom stereocenters. The van der Waals surface area contributed by atoms with Crippen LogP contribution in [0.15, 0.2) is 59.6 Å². The lowest BCUT2D eigenvalue weighted by Crippen LogP contribution is -2.69. The number of phenolic OH excluding ortho intramolecular Hbond substituents is 1. The zero-order chi connectivity index (χ0) is 29.9. The van der Waals surface area contributed by atoms with Crippen LogP contribution < -0.4 is 5.32 Å². The number of phenols is 1. The normalized spacial score (nSPS) is 18.5. The Balaban J connectivity index is 1.94. The first-order valence-electron chi connectivity index (χ1n) is 14.9. The summed E-state index contributed by atoms with van der Waals surface area (Å²) in [5.41, 5.74) is 2.92. The lowest BCUT2D eigenvalue weighted by molar-refractivity contribution is -0.157. The molecule has 8 nitrogen and oxygen atoms in total. The molecule has 0 radical (unpaired) electrons. The van der Waals surface area contributed by atoms with Crippen molar-refractivity contribution in [2.45, 2.75) is 91.4 Å². The third kappa shape index (κ3) is 8.65. The van der Waals surface area contributed by atoms with E-state index in [9.17, 15) is 19.5 Å². The number of hydrogen-bond donors (Lipinski definition) is 2. The number of nitrogens with one attached hydrogen (secondary N) is 1. The Kier molecular flexibility index (Phi) is 11.9. The van der Waals surface area contributed by atoms with Crippen molar-refractivity contribution in [3.05, 3.63) is 65.7 Å². The van der Waals surface area contributed by atoms with Crippen molar-refractivity contribution in [2.24, 2.45) is 10.9 Å². The highest BCUT2D eigenvalue weighted by Crippen LogP contribution is 2.23. The van der Waals surface area contributed by atoms with Crippen molar-refractivity contribution in [3.63, 3.8) is 0 Å². The minimum Gasteiger partial charge on any atom is -0.508 e. The Morgan fingerprint density at radius 1 is 1.02 bits per heavy atom. The highest BCUT2D eigenvalue weighted by Gasteiger charge is 2.43. The van der Waals surface area contributed by atoms with Crippen LogP contribution >= 0.6 is 0 Å². The summed E-state index contributed by atoms with van der Waals surface area (Å²) in [5.74, 6) is -0.482. The van der Waals surface area contributed by atoms with E-state index in [1.165, 1.54) is 11.8 Å². The van der Waals surface area contributed by atoms with Gasteiger partial charge in [-0.3, -0.25) is 19.4 Å². The molecule has 2 aromatic rings. The van der Waals surface area contributed by atoms with Crippen molar-refractivity contribution < 1.29 is 19.5 Å². The van der Waals surface area contributed by atoms with E-state index in [1.54, 1.807) is 29.2 Å². The summed E-state index contributed by atoms with van der Waals surface area (Å²) < 4.78 is 0. The molecule has 3 rings (SSSR count). The third-order valence-corrected chi connectivity index (χ3v) is 7.90. The summed E-state index contributed by atoms with van der Waals surface area (Å²) in [4.78, 5) is 49.0. The SMILES string of the molecule is CCCC(C)C(N=C(CC)CC)C(=O)NC1CN(CCc2ccccc2)C(=O)C(Cc2ccc(O)cc2)N1C(C)=O. The van der Waals surface area contributed by atoms with Gasteiger partial charge in [-0.15, -0.1) is 0 Å². The number of nitrogens with zero attached hydrogens (tertiary/aromatic N) is 3. The van der Waals surface area contributed by atoms with Gasteiger partial charge < -0.3 is 20.2 Å². The third-order valence-electron chi connectivity index (χ3n) is 7.90. The van der Waals surface area contributed by atoms with Crippen molar-refractivity contribution in [1.82, 2.24) is 15.1 Å². The predicted octanol–water partition coefficient (Wildman–Crippen LogP) is 4.74. The van der Waals surface area contributed by atoms with Gasteiger partial charge in [0.15, 0.2) is 0 Å². The number of piperazine rings is 1. The summed E-state index contributed by atoms with van der Waals surface area (Å²) in [5, 5.41) is 12.9. The molecule has 1 aliphatic heterocycles. The van der Waals surface area contributed by atoms with Crippen molar-refractivity contribution >= 4 is 23.4 Å². The largest absolute Gasteiger partial charge is 0.508 e. The number of aromatic hydroxyl groups is 1. The molecular weight excluding hydrogens is 516 g/mol. The molecule has 1 saturated heterocycles. The number of carbonyl (C=O) groups excluding carboxylic acids is 3. The molecule has 0 aliphatic carbocycles. The molecule has 8 heteroatoms. The fraction of sp³-hybridized carbons (Fsp3) is 0.515. The van der Waals surface area contributed by atoms with E-state index in [0.717, 1.165) is 42.5 Å². The zero-order valence-corrected chi connectivity index (χ0v) is 25.2. The minimum atomic E-state index is -0.788. The first kappa shape index (κ1) is 31.8. The van der Waals surface area contributed by atoms with E-state index in [2.05, 4.69) is 12.2 Å². The van der Waals surface area contributed by atoms with Crippen LogP contribution in [0.5, 0.6) is 5.75 Å². The van der Waals surface area contributed by atoms with Crippen LogP contribution in [0.25, 0.3) is 0 Å². The summed E-state index contributed by atoms with van der Waals surface area (Å²) in [7, 11) is 0. The smallest absolute Gasteiger partial charge is 0.246 e. The molecule has 2 aromatic carbocycles. The molecular formula is C33H46N4O4. The van der Waals surface area contributed by atoms with E-state index in [1.807, 2.05) is 51.1 Å². The quantitative estimate of drug-likeness (QED) is 0.344. The number of benzene rings is 2. The second kappa shape index (κ2) is 15.4. The van der Waals surface area contributed by atoms with Gasteiger partial charge in [-0.05, 0) is 54.9 Å². The Labute approximate surface area is 244 Å². The number of rotatable bonds is 13. The van der Waals surface area contributed by atoms with E-state index in [0.29, 0.717) is 13.0 Å². The van der Waals surface area contributed by atoms with Gasteiger partial charge in [0.25, 0.3) is 0 Å². The highest BCUT2D eigenvalue weighted by atomic mass is 16.3. The van der Waals surface area contributed by atoms with Gasteiger partial charge in [-0.25, -0.2) is 0 Å². The van der Waals surface area contributed by atoms with Gasteiger partial charge >= 0.3 is 0 Å². The molecule has 0 aromatic heterocycles. The summed E-state index contributed by atoms with van der Waals surface area (Å²) >= 11 is 0. The van der Waals surface area contributed by atoms with Crippen LogP contribution in [0.2, 0.25) is 0 Å². The molecule has 4 atom stereocenters. The fourth-order valence-electron chi connectivity index (χ4n) is 5.58. The zero-order valence-electron chi connectivity index (χ0n) is 25.2. The lowest BCUT2D eigenvalue weighted by Gasteiger charge is -2.46. The Morgan fingerprint density at radius 3 is 2.27 bits per heavy atom. The van der Waals surface area contributed by atoms with Gasteiger partial charge in [0.05, 0.1) is 6.54 Å². The molecule has 222 valence electrons. The maximum Gasteiger partial charge on any atom is 0.246 e. The Bertz CT molecular complexity index is 1180. The maximum absolute atomic E-state index is 13.9. The molecule has 0 bridgehead atoms. The number of hydrogen-bond acceptors (Lipinski definition) is 5. The van der Waals surface area contributed by atoms with Gasteiger partial charge in [0, 0.05) is 25.6 Å². The standard InChI is InChI=1S/C33H46N4O4/c1-6-12-23(4)31(34-27(7-2)8-3)32(40)35-30-22-36(20-19-25-13-10-9-11-14-25)33(41)29(37(30)24(5)38)21-26-15-17-28(39)18-16-26/h9-11,13-18,23,29-31,39H,6-8,12,19-22H2,1-5H3,(H,35,40). The van der Waals surface area contributed by atoms with Gasteiger partial charge in [0.2, 0.25) is 17.7 Å².